The summed E-state index contributed by atoms with van der Waals surface area (Å²) in [6.45, 7) is 3.52. The van der Waals surface area contributed by atoms with Crippen LogP contribution in [0.25, 0.3) is 0 Å². The number of benzene rings is 1. The van der Waals surface area contributed by atoms with Gasteiger partial charge in [0.1, 0.15) is 5.75 Å². The lowest BCUT2D eigenvalue weighted by atomic mass is 10.2. The van der Waals surface area contributed by atoms with Gasteiger partial charge in [-0.1, -0.05) is 30.3 Å². The van der Waals surface area contributed by atoms with Crippen LogP contribution in [-0.4, -0.2) is 17.1 Å². The van der Waals surface area contributed by atoms with Gasteiger partial charge in [0, 0.05) is 21.6 Å². The number of rotatable bonds is 5. The highest BCUT2D eigenvalue weighted by molar-refractivity contribution is 7.84. The van der Waals surface area contributed by atoms with Gasteiger partial charge < -0.3 is 4.74 Å². The summed E-state index contributed by atoms with van der Waals surface area (Å²) in [6, 6.07) is 7.51. The number of ether oxygens (including phenoxy) is 1. The minimum atomic E-state index is -0.998. The Kier molecular flexibility index (Phi) is 4.85. The second-order valence-corrected chi connectivity index (χ2v) is 5.09. The predicted molar refractivity (Wildman–Crippen MR) is 64.7 cm³/mol. The van der Waals surface area contributed by atoms with Crippen molar-refractivity contribution in [1.29, 1.82) is 0 Å². The average Bonchev–Trinajstić information content (AvgIpc) is 2.16. The Bertz CT molecular complexity index is 377. The molecule has 0 amide bonds. The van der Waals surface area contributed by atoms with Crippen molar-refractivity contribution in [3.05, 3.63) is 41.4 Å². The molecule has 1 aromatic rings. The molecule has 82 valence electrons. The van der Waals surface area contributed by atoms with Gasteiger partial charge in [-0.2, -0.15) is 0 Å². The summed E-state index contributed by atoms with van der Waals surface area (Å²) in [7, 11) is 0.609. The molecule has 1 unspecified atom stereocenters. The van der Waals surface area contributed by atoms with Crippen molar-refractivity contribution >= 4 is 22.4 Å². The molecule has 0 aliphatic heterocycles. The molecule has 0 saturated carbocycles. The van der Waals surface area contributed by atoms with Crippen molar-refractivity contribution in [3.8, 4) is 5.75 Å². The van der Waals surface area contributed by atoms with Gasteiger partial charge in [0.15, 0.2) is 0 Å². The number of hydrogen-bond acceptors (Lipinski definition) is 2. The zero-order valence-corrected chi connectivity index (χ0v) is 10.1. The molecule has 1 aromatic carbocycles. The lowest BCUT2D eigenvalue weighted by Crippen LogP contribution is -2.00. The van der Waals surface area contributed by atoms with E-state index in [1.807, 2.05) is 24.3 Å². The van der Waals surface area contributed by atoms with Crippen LogP contribution in [0.15, 0.2) is 35.9 Å². The summed E-state index contributed by atoms with van der Waals surface area (Å²) in [5, 5.41) is 0.427. The molecule has 0 aromatic heterocycles. The van der Waals surface area contributed by atoms with E-state index in [1.54, 1.807) is 7.11 Å². The SMILES string of the molecule is C=C(Cl)CS(=O)Cc1cccc(OC)c1. The first-order valence-electron chi connectivity index (χ1n) is 4.43. The predicted octanol–water partition coefficient (Wildman–Crippen LogP) is 2.70. The van der Waals surface area contributed by atoms with Gasteiger partial charge in [0.05, 0.1) is 12.9 Å². The standard InChI is InChI=1S/C11H13ClO2S/c1-9(12)7-15(13)8-10-4-3-5-11(6-10)14-2/h3-6H,1,7-8H2,2H3. The van der Waals surface area contributed by atoms with E-state index in [1.165, 1.54) is 0 Å². The van der Waals surface area contributed by atoms with E-state index in [2.05, 4.69) is 6.58 Å². The molecule has 4 heteroatoms. The van der Waals surface area contributed by atoms with Crippen LogP contribution in [-0.2, 0) is 16.6 Å². The molecule has 0 fully saturated rings. The molecule has 1 rings (SSSR count). The van der Waals surface area contributed by atoms with Gasteiger partial charge in [0.2, 0.25) is 0 Å². The third-order valence-electron chi connectivity index (χ3n) is 1.78. The second kappa shape index (κ2) is 5.93. The van der Waals surface area contributed by atoms with Crippen LogP contribution >= 0.6 is 11.6 Å². The van der Waals surface area contributed by atoms with Crippen LogP contribution in [0.1, 0.15) is 5.56 Å². The first-order chi connectivity index (χ1) is 7.11. The van der Waals surface area contributed by atoms with E-state index in [0.29, 0.717) is 16.5 Å². The van der Waals surface area contributed by atoms with E-state index in [9.17, 15) is 4.21 Å². The molecule has 0 aliphatic carbocycles. The molecular formula is C11H13ClO2S. The minimum Gasteiger partial charge on any atom is -0.497 e. The van der Waals surface area contributed by atoms with Crippen LogP contribution in [0.3, 0.4) is 0 Å². The summed E-state index contributed by atoms with van der Waals surface area (Å²) >= 11 is 5.59. The Hall–Kier alpha value is -0.800. The highest BCUT2D eigenvalue weighted by Gasteiger charge is 2.03. The van der Waals surface area contributed by atoms with Crippen LogP contribution in [0.5, 0.6) is 5.75 Å². The van der Waals surface area contributed by atoms with Crippen molar-refractivity contribution in [1.82, 2.24) is 0 Å². The monoisotopic (exact) mass is 244 g/mol. The van der Waals surface area contributed by atoms with E-state index < -0.39 is 10.8 Å². The maximum absolute atomic E-state index is 11.5. The van der Waals surface area contributed by atoms with Gasteiger partial charge in [-0.25, -0.2) is 0 Å². The number of halogens is 1. The van der Waals surface area contributed by atoms with Crippen molar-refractivity contribution < 1.29 is 8.95 Å². The van der Waals surface area contributed by atoms with Crippen molar-refractivity contribution in [3.63, 3.8) is 0 Å². The molecule has 0 spiro atoms. The lowest BCUT2D eigenvalue weighted by Gasteiger charge is -2.04. The molecule has 0 heterocycles. The average molecular weight is 245 g/mol. The van der Waals surface area contributed by atoms with E-state index in [4.69, 9.17) is 16.3 Å². The maximum atomic E-state index is 11.5. The second-order valence-electron chi connectivity index (χ2n) is 3.10. The first-order valence-corrected chi connectivity index (χ1v) is 6.29. The maximum Gasteiger partial charge on any atom is 0.119 e. The molecule has 0 radical (unpaired) electrons. The van der Waals surface area contributed by atoms with Crippen molar-refractivity contribution in [2.75, 3.05) is 12.9 Å². The molecule has 1 atom stereocenters. The fourth-order valence-electron chi connectivity index (χ4n) is 1.17. The Balaban J connectivity index is 2.63. The fraction of sp³-hybridized carbons (Fsp3) is 0.273. The van der Waals surface area contributed by atoms with Gasteiger partial charge in [-0.15, -0.1) is 0 Å². The van der Waals surface area contributed by atoms with Gasteiger partial charge in [0.25, 0.3) is 0 Å². The van der Waals surface area contributed by atoms with Crippen molar-refractivity contribution in [2.45, 2.75) is 5.75 Å². The van der Waals surface area contributed by atoms with Gasteiger partial charge in [-0.05, 0) is 17.7 Å². The summed E-state index contributed by atoms with van der Waals surface area (Å²) in [4.78, 5) is 0. The van der Waals surface area contributed by atoms with Crippen LogP contribution < -0.4 is 4.74 Å². The summed E-state index contributed by atoms with van der Waals surface area (Å²) in [6.07, 6.45) is 0. The smallest absolute Gasteiger partial charge is 0.119 e. The fourth-order valence-corrected chi connectivity index (χ4v) is 2.54. The Morgan fingerprint density at radius 2 is 2.33 bits per heavy atom. The molecule has 0 bridgehead atoms. The van der Waals surface area contributed by atoms with Gasteiger partial charge in [-0.3, -0.25) is 4.21 Å². The van der Waals surface area contributed by atoms with Gasteiger partial charge >= 0.3 is 0 Å². The topological polar surface area (TPSA) is 26.3 Å². The van der Waals surface area contributed by atoms with Crippen LogP contribution in [0.4, 0.5) is 0 Å². The molecule has 2 nitrogen and oxygen atoms in total. The lowest BCUT2D eigenvalue weighted by molar-refractivity contribution is 0.414. The van der Waals surface area contributed by atoms with Crippen LogP contribution in [0, 0.1) is 0 Å². The molecule has 0 saturated heterocycles. The third kappa shape index (κ3) is 4.49. The summed E-state index contributed by atoms with van der Waals surface area (Å²) in [5.41, 5.74) is 0.977. The van der Waals surface area contributed by atoms with E-state index >= 15 is 0 Å². The first kappa shape index (κ1) is 12.3. The largest absolute Gasteiger partial charge is 0.497 e. The Morgan fingerprint density at radius 1 is 1.60 bits per heavy atom. The quantitative estimate of drug-likeness (QED) is 0.796. The molecule has 0 N–H and O–H groups in total. The van der Waals surface area contributed by atoms with Crippen LogP contribution in [0.2, 0.25) is 0 Å². The highest BCUT2D eigenvalue weighted by atomic mass is 35.5. The number of methoxy groups -OCH3 is 1. The summed E-state index contributed by atoms with van der Waals surface area (Å²) < 4.78 is 16.6. The third-order valence-corrected chi connectivity index (χ3v) is 3.40. The Labute approximate surface area is 97.4 Å². The molecular weight excluding hydrogens is 232 g/mol. The normalized spacial score (nSPS) is 12.1. The zero-order chi connectivity index (χ0) is 11.3. The molecule has 0 aliphatic rings. The zero-order valence-electron chi connectivity index (χ0n) is 8.53. The highest BCUT2D eigenvalue weighted by Crippen LogP contribution is 2.14. The van der Waals surface area contributed by atoms with E-state index in [0.717, 1.165) is 11.3 Å². The number of hydrogen-bond donors (Lipinski definition) is 0. The minimum absolute atomic E-state index is 0.332. The van der Waals surface area contributed by atoms with Crippen molar-refractivity contribution in [2.24, 2.45) is 0 Å². The summed E-state index contributed by atoms with van der Waals surface area (Å²) in [5.74, 6) is 1.58. The van der Waals surface area contributed by atoms with E-state index in [-0.39, 0.29) is 0 Å². The molecule has 15 heavy (non-hydrogen) atoms. The Morgan fingerprint density at radius 3 is 2.93 bits per heavy atom.